The Kier molecular flexibility index (Phi) is 7.65. The van der Waals surface area contributed by atoms with E-state index in [1.54, 1.807) is 26.0 Å². The van der Waals surface area contributed by atoms with E-state index in [1.807, 2.05) is 48.8 Å². The third-order valence-corrected chi connectivity index (χ3v) is 5.90. The predicted molar refractivity (Wildman–Crippen MR) is 125 cm³/mol. The maximum atomic E-state index is 12.5. The van der Waals surface area contributed by atoms with E-state index in [-0.39, 0.29) is 5.91 Å². The first-order chi connectivity index (χ1) is 15.0. The van der Waals surface area contributed by atoms with Gasteiger partial charge in [-0.05, 0) is 31.2 Å². The van der Waals surface area contributed by atoms with Crippen LogP contribution in [0.4, 0.5) is 10.8 Å². The molecule has 0 radical (unpaired) electrons. The molecule has 0 saturated heterocycles. The molecule has 0 saturated carbocycles. The highest BCUT2D eigenvalue weighted by atomic mass is 32.1. The summed E-state index contributed by atoms with van der Waals surface area (Å²) in [7, 11) is 5.34. The van der Waals surface area contributed by atoms with Gasteiger partial charge in [-0.25, -0.2) is 4.98 Å². The molecule has 0 spiro atoms. The number of aromatic nitrogens is 1. The molecule has 1 amide bonds. The molecule has 6 nitrogen and oxygen atoms in total. The number of carbonyl (C=O) groups is 1. The molecular weight excluding hydrogens is 410 g/mol. The second-order valence-electron chi connectivity index (χ2n) is 7.31. The summed E-state index contributed by atoms with van der Waals surface area (Å²) in [6.45, 7) is 5.03. The van der Waals surface area contributed by atoms with Crippen LogP contribution < -0.4 is 14.4 Å². The summed E-state index contributed by atoms with van der Waals surface area (Å²) in [5, 5.41) is 2.71. The van der Waals surface area contributed by atoms with Crippen molar-refractivity contribution in [3.63, 3.8) is 0 Å². The fraction of sp³-hybridized carbons (Fsp3) is 0.333. The number of para-hydroxylation sites is 1. The summed E-state index contributed by atoms with van der Waals surface area (Å²) in [6.07, 6.45) is 0.852. The lowest BCUT2D eigenvalue weighted by atomic mass is 10.1. The van der Waals surface area contributed by atoms with E-state index in [4.69, 9.17) is 14.5 Å². The van der Waals surface area contributed by atoms with Gasteiger partial charge in [0.1, 0.15) is 11.5 Å². The zero-order chi connectivity index (χ0) is 22.4. The Bertz CT molecular complexity index is 1030. The zero-order valence-corrected chi connectivity index (χ0v) is 19.5. The third-order valence-electron chi connectivity index (χ3n) is 5.03. The predicted octanol–water partition coefficient (Wildman–Crippen LogP) is 5.04. The molecule has 0 unspecified atom stereocenters. The standard InChI is InChI=1S/C24H29N3O3S/c1-6-18-9-7-8-10-22(18)27(17(2)28)24-25-20(16-31-24)15-26(3)14-19-11-12-21(29-4)13-23(19)30-5/h7-13,16H,6,14-15H2,1-5H3. The second kappa shape index (κ2) is 10.4. The first-order valence-corrected chi connectivity index (χ1v) is 11.1. The van der Waals surface area contributed by atoms with E-state index in [1.165, 1.54) is 11.3 Å². The van der Waals surface area contributed by atoms with Gasteiger partial charge in [0.2, 0.25) is 5.91 Å². The largest absolute Gasteiger partial charge is 0.497 e. The Morgan fingerprint density at radius 2 is 1.84 bits per heavy atom. The Labute approximate surface area is 188 Å². The number of benzene rings is 2. The Balaban J connectivity index is 1.76. The average Bonchev–Trinajstić information content (AvgIpc) is 3.21. The van der Waals surface area contributed by atoms with E-state index < -0.39 is 0 Å². The molecule has 7 heteroatoms. The first kappa shape index (κ1) is 22.8. The maximum Gasteiger partial charge on any atom is 0.230 e. The number of amides is 1. The van der Waals surface area contributed by atoms with E-state index >= 15 is 0 Å². The summed E-state index contributed by atoms with van der Waals surface area (Å²) in [5.41, 5.74) is 4.02. The molecule has 0 N–H and O–H groups in total. The molecule has 0 atom stereocenters. The van der Waals surface area contributed by atoms with E-state index in [2.05, 4.69) is 17.9 Å². The van der Waals surface area contributed by atoms with Crippen molar-refractivity contribution in [3.8, 4) is 11.5 Å². The summed E-state index contributed by atoms with van der Waals surface area (Å²) in [4.78, 5) is 21.1. The Morgan fingerprint density at radius 3 is 2.52 bits per heavy atom. The van der Waals surface area contributed by atoms with Crippen LogP contribution in [-0.2, 0) is 24.3 Å². The van der Waals surface area contributed by atoms with Gasteiger partial charge in [0.15, 0.2) is 5.13 Å². The molecule has 0 aliphatic rings. The van der Waals surface area contributed by atoms with Crippen LogP contribution in [0.15, 0.2) is 47.8 Å². The number of hydrogen-bond donors (Lipinski definition) is 0. The smallest absolute Gasteiger partial charge is 0.230 e. The van der Waals surface area contributed by atoms with Gasteiger partial charge in [0.25, 0.3) is 0 Å². The van der Waals surface area contributed by atoms with Crippen LogP contribution >= 0.6 is 11.3 Å². The zero-order valence-electron chi connectivity index (χ0n) is 18.7. The molecule has 2 aromatic carbocycles. The molecule has 164 valence electrons. The molecule has 0 bridgehead atoms. The van der Waals surface area contributed by atoms with Crippen molar-refractivity contribution in [2.45, 2.75) is 33.4 Å². The molecule has 31 heavy (non-hydrogen) atoms. The van der Waals surface area contributed by atoms with Crippen molar-refractivity contribution in [1.82, 2.24) is 9.88 Å². The van der Waals surface area contributed by atoms with Gasteiger partial charge in [-0.1, -0.05) is 31.2 Å². The van der Waals surface area contributed by atoms with Crippen molar-refractivity contribution in [2.75, 3.05) is 26.2 Å². The van der Waals surface area contributed by atoms with Crippen LogP contribution in [0.3, 0.4) is 0 Å². The lowest BCUT2D eigenvalue weighted by Gasteiger charge is -2.21. The SMILES string of the molecule is CCc1ccccc1N(C(C)=O)c1nc(CN(C)Cc2ccc(OC)cc2OC)cs1. The second-order valence-corrected chi connectivity index (χ2v) is 8.14. The van der Waals surface area contributed by atoms with Crippen LogP contribution in [0.2, 0.25) is 0 Å². The lowest BCUT2D eigenvalue weighted by molar-refractivity contribution is -0.115. The number of carbonyl (C=O) groups excluding carboxylic acids is 1. The summed E-state index contributed by atoms with van der Waals surface area (Å²) in [5.74, 6) is 1.52. The van der Waals surface area contributed by atoms with Gasteiger partial charge < -0.3 is 9.47 Å². The average molecular weight is 440 g/mol. The van der Waals surface area contributed by atoms with Crippen molar-refractivity contribution in [1.29, 1.82) is 0 Å². The third kappa shape index (κ3) is 5.42. The highest BCUT2D eigenvalue weighted by molar-refractivity contribution is 7.14. The van der Waals surface area contributed by atoms with Gasteiger partial charge in [0, 0.05) is 37.0 Å². The number of thiazole rings is 1. The monoisotopic (exact) mass is 439 g/mol. The van der Waals surface area contributed by atoms with Gasteiger partial charge in [-0.2, -0.15) is 0 Å². The van der Waals surface area contributed by atoms with E-state index in [0.717, 1.165) is 40.4 Å². The summed E-state index contributed by atoms with van der Waals surface area (Å²) in [6, 6.07) is 13.8. The normalized spacial score (nSPS) is 10.9. The van der Waals surface area contributed by atoms with Gasteiger partial charge in [-0.3, -0.25) is 14.6 Å². The molecule has 3 aromatic rings. The minimum atomic E-state index is -0.0434. The van der Waals surface area contributed by atoms with Crippen LogP contribution in [0, 0.1) is 0 Å². The van der Waals surface area contributed by atoms with Crippen molar-refractivity contribution < 1.29 is 14.3 Å². The maximum absolute atomic E-state index is 12.5. The number of hydrogen-bond acceptors (Lipinski definition) is 6. The van der Waals surface area contributed by atoms with Crippen molar-refractivity contribution in [3.05, 3.63) is 64.7 Å². The quantitative estimate of drug-likeness (QED) is 0.468. The molecule has 0 aliphatic carbocycles. The molecule has 1 heterocycles. The van der Waals surface area contributed by atoms with Crippen LogP contribution in [0.5, 0.6) is 11.5 Å². The number of aryl methyl sites for hydroxylation is 1. The topological polar surface area (TPSA) is 54.9 Å². The fourth-order valence-electron chi connectivity index (χ4n) is 3.51. The van der Waals surface area contributed by atoms with Crippen molar-refractivity contribution in [2.24, 2.45) is 0 Å². The van der Waals surface area contributed by atoms with E-state index in [9.17, 15) is 4.79 Å². The number of methoxy groups -OCH3 is 2. The summed E-state index contributed by atoms with van der Waals surface area (Å²) < 4.78 is 10.8. The van der Waals surface area contributed by atoms with Gasteiger partial charge in [-0.15, -0.1) is 11.3 Å². The van der Waals surface area contributed by atoms with Crippen LogP contribution in [0.25, 0.3) is 0 Å². The van der Waals surface area contributed by atoms with Gasteiger partial charge >= 0.3 is 0 Å². The van der Waals surface area contributed by atoms with Gasteiger partial charge in [0.05, 0.1) is 25.6 Å². The number of ether oxygens (including phenoxy) is 2. The van der Waals surface area contributed by atoms with Crippen molar-refractivity contribution >= 4 is 28.1 Å². The van der Waals surface area contributed by atoms with Crippen LogP contribution in [-0.4, -0.2) is 37.1 Å². The molecule has 0 fully saturated rings. The number of anilines is 2. The van der Waals surface area contributed by atoms with E-state index in [0.29, 0.717) is 18.2 Å². The number of rotatable bonds is 9. The molecule has 0 aliphatic heterocycles. The Morgan fingerprint density at radius 1 is 1.06 bits per heavy atom. The summed E-state index contributed by atoms with van der Waals surface area (Å²) >= 11 is 1.49. The Hall–Kier alpha value is -2.90. The highest BCUT2D eigenvalue weighted by Crippen LogP contribution is 2.32. The highest BCUT2D eigenvalue weighted by Gasteiger charge is 2.20. The fourth-order valence-corrected chi connectivity index (χ4v) is 4.38. The lowest BCUT2D eigenvalue weighted by Crippen LogP contribution is -2.24. The number of nitrogens with zero attached hydrogens (tertiary/aromatic N) is 3. The van der Waals surface area contributed by atoms with Crippen LogP contribution in [0.1, 0.15) is 30.7 Å². The first-order valence-electron chi connectivity index (χ1n) is 10.2. The minimum absolute atomic E-state index is 0.0434. The molecule has 1 aromatic heterocycles. The molecular formula is C24H29N3O3S. The minimum Gasteiger partial charge on any atom is -0.497 e. The molecule has 3 rings (SSSR count).